The van der Waals surface area contributed by atoms with Gasteiger partial charge in [-0.15, -0.1) is 6.42 Å². The van der Waals surface area contributed by atoms with Crippen molar-refractivity contribution >= 4 is 25.6 Å². The highest BCUT2D eigenvalue weighted by molar-refractivity contribution is 7.48. The van der Waals surface area contributed by atoms with E-state index < -0.39 is 80.3 Å². The van der Waals surface area contributed by atoms with Gasteiger partial charge in [0.05, 0.1) is 16.4 Å². The van der Waals surface area contributed by atoms with Crippen molar-refractivity contribution in [1.82, 2.24) is 9.55 Å². The third-order valence-electron chi connectivity index (χ3n) is 5.70. The van der Waals surface area contributed by atoms with Crippen LogP contribution < -0.4 is 11.4 Å². The van der Waals surface area contributed by atoms with Crippen LogP contribution in [0.25, 0.3) is 0 Å². The molecule has 1 fully saturated rings. The van der Waals surface area contributed by atoms with Crippen molar-refractivity contribution in [1.29, 1.82) is 0 Å². The van der Waals surface area contributed by atoms with E-state index >= 15 is 4.39 Å². The number of nitrogen functional groups attached to an aromatic ring is 1. The first-order chi connectivity index (χ1) is 18.6. The Labute approximate surface area is 235 Å². The van der Waals surface area contributed by atoms with E-state index in [9.17, 15) is 29.2 Å². The Kier molecular flexibility index (Phi) is 10.2. The summed E-state index contributed by atoms with van der Waals surface area (Å²) >= 11 is 0. The molecule has 4 N–H and O–H groups in total. The number of nitrogens with two attached hydrogens (primary N) is 1. The number of phosphoric acid groups is 1. The van der Waals surface area contributed by atoms with E-state index in [1.807, 2.05) is 0 Å². The van der Waals surface area contributed by atoms with E-state index in [1.54, 1.807) is 0 Å². The molecule has 41 heavy (non-hydrogen) atoms. The van der Waals surface area contributed by atoms with Gasteiger partial charge in [0.15, 0.2) is 5.72 Å². The van der Waals surface area contributed by atoms with Gasteiger partial charge in [0.25, 0.3) is 5.85 Å². The van der Waals surface area contributed by atoms with Gasteiger partial charge in [0.2, 0.25) is 13.6 Å². The molecule has 1 aliphatic rings. The summed E-state index contributed by atoms with van der Waals surface area (Å²) in [7, 11) is -4.91. The standard InChI is InChI=1S/C24H35FN3O12P/c1-9-14-10-28(20(33)27-17(14)26)23(8)15(29)16(30)24(25,40-23)11-37-41(34,38-12-35-18(31)21(2,3)4)39-13-36-19(32)22(5,6)7/h1,10,15-16,29-30H,11-13H2,2-8H3,(H2,26,27,33)/t15-,16+,23-,24-/m1/s1. The SMILES string of the molecule is C#Cc1cn([C@]2(C)O[C@](F)(COP(=O)(OCOC(=O)C(C)(C)C)OCOC(=O)C(C)(C)C)[C@@H](O)[C@H]2O)c(=O)nc1N. The van der Waals surface area contributed by atoms with E-state index in [1.165, 1.54) is 41.5 Å². The summed E-state index contributed by atoms with van der Waals surface area (Å²) < 4.78 is 59.7. The maximum absolute atomic E-state index is 15.9. The fraction of sp³-hybridized carbons (Fsp3) is 0.667. The number of aliphatic hydroxyl groups excluding tert-OH is 2. The zero-order chi connectivity index (χ0) is 31.6. The predicted octanol–water partition coefficient (Wildman–Crippen LogP) is 1.15. The molecule has 0 bridgehead atoms. The van der Waals surface area contributed by atoms with E-state index in [0.717, 1.165) is 13.1 Å². The zero-order valence-electron chi connectivity index (χ0n) is 23.7. The van der Waals surface area contributed by atoms with Gasteiger partial charge in [-0.2, -0.15) is 4.98 Å². The molecule has 0 saturated carbocycles. The van der Waals surface area contributed by atoms with Gasteiger partial charge in [0, 0.05) is 6.20 Å². The number of hydrogen-bond donors (Lipinski definition) is 3. The second kappa shape index (κ2) is 12.1. The highest BCUT2D eigenvalue weighted by Crippen LogP contribution is 2.52. The zero-order valence-corrected chi connectivity index (χ0v) is 24.6. The molecule has 1 aromatic rings. The molecule has 1 aromatic heterocycles. The molecule has 0 amide bonds. The average Bonchev–Trinajstić information content (AvgIpc) is 3.02. The van der Waals surface area contributed by atoms with Crippen molar-refractivity contribution in [2.75, 3.05) is 25.9 Å². The monoisotopic (exact) mass is 607 g/mol. The van der Waals surface area contributed by atoms with Crippen molar-refractivity contribution in [3.8, 4) is 12.3 Å². The Balaban J connectivity index is 2.28. The Hall–Kier alpha value is -2.90. The number of rotatable bonds is 10. The minimum Gasteiger partial charge on any atom is -0.437 e. The van der Waals surface area contributed by atoms with Crippen LogP contribution in [0.3, 0.4) is 0 Å². The first-order valence-corrected chi connectivity index (χ1v) is 13.6. The minimum atomic E-state index is -4.91. The molecule has 2 rings (SSSR count). The minimum absolute atomic E-state index is 0.0929. The number of anilines is 1. The summed E-state index contributed by atoms with van der Waals surface area (Å²) in [5.74, 6) is -3.00. The predicted molar refractivity (Wildman–Crippen MR) is 138 cm³/mol. The summed E-state index contributed by atoms with van der Waals surface area (Å²) in [5.41, 5.74) is 0.161. The van der Waals surface area contributed by atoms with Gasteiger partial charge in [-0.05, 0) is 48.5 Å². The van der Waals surface area contributed by atoms with Gasteiger partial charge in [-0.25, -0.2) is 22.8 Å². The van der Waals surface area contributed by atoms with Crippen LogP contribution in [0.4, 0.5) is 10.2 Å². The smallest absolute Gasteiger partial charge is 0.437 e. The molecule has 4 atom stereocenters. The number of alkyl halides is 1. The molecule has 0 aliphatic carbocycles. The number of aromatic nitrogens is 2. The largest absolute Gasteiger partial charge is 0.480 e. The lowest BCUT2D eigenvalue weighted by Crippen LogP contribution is -2.48. The quantitative estimate of drug-likeness (QED) is 0.148. The maximum atomic E-state index is 15.9. The average molecular weight is 608 g/mol. The van der Waals surface area contributed by atoms with Crippen molar-refractivity contribution in [3.63, 3.8) is 0 Å². The topological polar surface area (TPSA) is 208 Å². The van der Waals surface area contributed by atoms with Crippen LogP contribution in [-0.4, -0.2) is 70.0 Å². The molecule has 0 radical (unpaired) electrons. The summed E-state index contributed by atoms with van der Waals surface area (Å²) in [5, 5.41) is 21.2. The van der Waals surface area contributed by atoms with Crippen LogP contribution in [-0.2, 0) is 47.7 Å². The molecular formula is C24H35FN3O12P. The molecule has 2 heterocycles. The first-order valence-electron chi connectivity index (χ1n) is 12.1. The molecule has 230 valence electrons. The number of hydrogen-bond acceptors (Lipinski definition) is 14. The second-order valence-corrected chi connectivity index (χ2v) is 12.9. The molecule has 0 aromatic carbocycles. The van der Waals surface area contributed by atoms with Crippen LogP contribution >= 0.6 is 7.82 Å². The molecular weight excluding hydrogens is 572 g/mol. The molecule has 17 heteroatoms. The van der Waals surface area contributed by atoms with E-state index in [4.69, 9.17) is 39.9 Å². The lowest BCUT2D eigenvalue weighted by Gasteiger charge is -2.30. The second-order valence-electron chi connectivity index (χ2n) is 11.2. The van der Waals surface area contributed by atoms with Crippen LogP contribution in [0.5, 0.6) is 0 Å². The first kappa shape index (κ1) is 34.3. The van der Waals surface area contributed by atoms with E-state index in [0.29, 0.717) is 4.57 Å². The third kappa shape index (κ3) is 7.89. The van der Waals surface area contributed by atoms with Gasteiger partial charge >= 0.3 is 25.5 Å². The van der Waals surface area contributed by atoms with E-state index in [2.05, 4.69) is 10.9 Å². The van der Waals surface area contributed by atoms with Gasteiger partial charge in [-0.1, -0.05) is 5.92 Å². The van der Waals surface area contributed by atoms with Crippen LogP contribution in [0, 0.1) is 23.2 Å². The van der Waals surface area contributed by atoms with E-state index in [-0.39, 0.29) is 11.4 Å². The summed E-state index contributed by atoms with van der Waals surface area (Å²) in [6.07, 6.45) is 1.79. The number of aliphatic hydroxyl groups is 2. The van der Waals surface area contributed by atoms with Crippen molar-refractivity contribution in [2.45, 2.75) is 72.3 Å². The van der Waals surface area contributed by atoms with Crippen LogP contribution in [0.1, 0.15) is 54.0 Å². The highest BCUT2D eigenvalue weighted by atomic mass is 31.2. The Bertz CT molecular complexity index is 1260. The summed E-state index contributed by atoms with van der Waals surface area (Å²) in [6, 6.07) is 0. The number of phosphoric ester groups is 1. The fourth-order valence-corrected chi connectivity index (χ4v) is 4.12. The van der Waals surface area contributed by atoms with Crippen molar-refractivity contribution < 1.29 is 56.5 Å². The molecule has 1 saturated heterocycles. The third-order valence-corrected chi connectivity index (χ3v) is 6.99. The Morgan fingerprint density at radius 1 is 1.12 bits per heavy atom. The van der Waals surface area contributed by atoms with Crippen LogP contribution in [0.15, 0.2) is 11.0 Å². The lowest BCUT2D eigenvalue weighted by molar-refractivity contribution is -0.239. The number of halogens is 1. The number of carbonyl (C=O) groups excluding carboxylic acids is 2. The fourth-order valence-electron chi connectivity index (χ4n) is 3.20. The number of terminal acetylenes is 1. The van der Waals surface area contributed by atoms with Crippen molar-refractivity contribution in [2.24, 2.45) is 10.8 Å². The molecule has 15 nitrogen and oxygen atoms in total. The molecule has 0 spiro atoms. The summed E-state index contributed by atoms with van der Waals surface area (Å²) in [6.45, 7) is 6.89. The number of carbonyl (C=O) groups is 2. The van der Waals surface area contributed by atoms with Crippen LogP contribution in [0.2, 0.25) is 0 Å². The Morgan fingerprint density at radius 3 is 2.05 bits per heavy atom. The van der Waals surface area contributed by atoms with Gasteiger partial charge in [0.1, 0.15) is 24.6 Å². The molecule has 1 aliphatic heterocycles. The Morgan fingerprint density at radius 2 is 1.61 bits per heavy atom. The molecule has 0 unspecified atom stereocenters. The normalized spacial score (nSPS) is 25.0. The highest BCUT2D eigenvalue weighted by Gasteiger charge is 2.63. The maximum Gasteiger partial charge on any atom is 0.480 e. The van der Waals surface area contributed by atoms with Gasteiger partial charge in [-0.3, -0.25) is 18.7 Å². The lowest BCUT2D eigenvalue weighted by atomic mass is 9.98. The number of nitrogens with zero attached hydrogens (tertiary/aromatic N) is 2. The van der Waals surface area contributed by atoms with Crippen molar-refractivity contribution in [3.05, 3.63) is 22.2 Å². The number of esters is 2. The summed E-state index contributed by atoms with van der Waals surface area (Å²) in [4.78, 5) is 40.0. The van der Waals surface area contributed by atoms with Gasteiger partial charge < -0.3 is 30.2 Å². The number of ether oxygens (including phenoxy) is 3.